The lowest BCUT2D eigenvalue weighted by Crippen LogP contribution is -2.37. The molecule has 2 heterocycles. The van der Waals surface area contributed by atoms with Crippen molar-refractivity contribution >= 4 is 22.4 Å². The molecule has 0 unspecified atom stereocenters. The van der Waals surface area contributed by atoms with Gasteiger partial charge in [-0.15, -0.1) is 11.3 Å². The van der Waals surface area contributed by atoms with Crippen LogP contribution in [0, 0.1) is 0 Å². The van der Waals surface area contributed by atoms with Crippen LogP contribution in [0.15, 0.2) is 36.5 Å². The van der Waals surface area contributed by atoms with E-state index in [2.05, 4.69) is 15.2 Å². The van der Waals surface area contributed by atoms with Gasteiger partial charge in [0.25, 0.3) is 0 Å². The first-order chi connectivity index (χ1) is 11.2. The van der Waals surface area contributed by atoms with Gasteiger partial charge < -0.3 is 10.1 Å². The number of likely N-dealkylation sites (tertiary alicyclic amines) is 1. The lowest BCUT2D eigenvalue weighted by molar-refractivity contribution is -0.114. The second kappa shape index (κ2) is 7.57. The van der Waals surface area contributed by atoms with Gasteiger partial charge in [-0.1, -0.05) is 18.2 Å². The Kier molecular flexibility index (Phi) is 5.25. The number of hydrogen-bond donors (Lipinski definition) is 1. The van der Waals surface area contributed by atoms with Gasteiger partial charge in [-0.2, -0.15) is 0 Å². The Morgan fingerprint density at radius 2 is 2.09 bits per heavy atom. The van der Waals surface area contributed by atoms with E-state index in [1.54, 1.807) is 11.3 Å². The van der Waals surface area contributed by atoms with Gasteiger partial charge in [0.15, 0.2) is 5.13 Å². The van der Waals surface area contributed by atoms with Gasteiger partial charge in [0, 0.05) is 37.6 Å². The number of hydrogen-bond acceptors (Lipinski definition) is 5. The SMILES string of the molecule is CC(=O)Nc1ncc(CN2CCC(Oc3ccccc3)CC2)s1. The van der Waals surface area contributed by atoms with E-state index in [-0.39, 0.29) is 5.91 Å². The number of amides is 1. The summed E-state index contributed by atoms with van der Waals surface area (Å²) in [5.74, 6) is 0.873. The normalized spacial score (nSPS) is 16.2. The van der Waals surface area contributed by atoms with Crippen molar-refractivity contribution < 1.29 is 9.53 Å². The van der Waals surface area contributed by atoms with E-state index in [4.69, 9.17) is 4.74 Å². The molecule has 1 aromatic heterocycles. The summed E-state index contributed by atoms with van der Waals surface area (Å²) in [6.45, 7) is 4.42. The van der Waals surface area contributed by atoms with Gasteiger partial charge in [-0.05, 0) is 25.0 Å². The van der Waals surface area contributed by atoms with Crippen molar-refractivity contribution in [2.45, 2.75) is 32.4 Å². The minimum Gasteiger partial charge on any atom is -0.490 e. The van der Waals surface area contributed by atoms with Crippen LogP contribution in [0.4, 0.5) is 5.13 Å². The molecule has 1 saturated heterocycles. The molecule has 0 aliphatic carbocycles. The summed E-state index contributed by atoms with van der Waals surface area (Å²) in [5, 5.41) is 3.40. The van der Waals surface area contributed by atoms with Crippen molar-refractivity contribution in [3.05, 3.63) is 41.4 Å². The van der Waals surface area contributed by atoms with E-state index >= 15 is 0 Å². The average Bonchev–Trinajstić information content (AvgIpc) is 2.96. The quantitative estimate of drug-likeness (QED) is 0.914. The Morgan fingerprint density at radius 1 is 1.35 bits per heavy atom. The molecule has 1 aliphatic heterocycles. The molecule has 1 fully saturated rings. The zero-order valence-corrected chi connectivity index (χ0v) is 14.0. The molecule has 0 spiro atoms. The molecule has 0 radical (unpaired) electrons. The Hall–Kier alpha value is -1.92. The molecular weight excluding hydrogens is 310 g/mol. The number of anilines is 1. The minimum absolute atomic E-state index is 0.0789. The summed E-state index contributed by atoms with van der Waals surface area (Å²) in [4.78, 5) is 18.8. The number of benzene rings is 1. The smallest absolute Gasteiger partial charge is 0.223 e. The van der Waals surface area contributed by atoms with Crippen LogP contribution in [0.3, 0.4) is 0 Å². The fourth-order valence-corrected chi connectivity index (χ4v) is 3.59. The van der Waals surface area contributed by atoms with Crippen LogP contribution in [-0.2, 0) is 11.3 Å². The molecule has 3 rings (SSSR count). The molecule has 0 atom stereocenters. The summed E-state index contributed by atoms with van der Waals surface area (Å²) in [5.41, 5.74) is 0. The predicted octanol–water partition coefficient (Wildman–Crippen LogP) is 3.14. The number of nitrogens with zero attached hydrogens (tertiary/aromatic N) is 2. The topological polar surface area (TPSA) is 54.5 Å². The Bertz CT molecular complexity index is 636. The maximum absolute atomic E-state index is 11.0. The highest BCUT2D eigenvalue weighted by Crippen LogP contribution is 2.23. The Morgan fingerprint density at radius 3 is 2.78 bits per heavy atom. The molecule has 6 heteroatoms. The molecule has 1 aromatic carbocycles. The summed E-state index contributed by atoms with van der Waals surface area (Å²) in [7, 11) is 0. The zero-order valence-electron chi connectivity index (χ0n) is 13.2. The van der Waals surface area contributed by atoms with Crippen LogP contribution in [0.1, 0.15) is 24.6 Å². The van der Waals surface area contributed by atoms with E-state index in [0.29, 0.717) is 11.2 Å². The molecule has 2 aromatic rings. The number of piperidine rings is 1. The van der Waals surface area contributed by atoms with Crippen LogP contribution in [-0.4, -0.2) is 35.0 Å². The van der Waals surface area contributed by atoms with Crippen molar-refractivity contribution in [2.75, 3.05) is 18.4 Å². The monoisotopic (exact) mass is 331 g/mol. The highest BCUT2D eigenvalue weighted by Gasteiger charge is 2.21. The van der Waals surface area contributed by atoms with E-state index in [0.717, 1.165) is 38.2 Å². The number of para-hydroxylation sites is 1. The van der Waals surface area contributed by atoms with Crippen LogP contribution in [0.25, 0.3) is 0 Å². The maximum Gasteiger partial charge on any atom is 0.223 e. The van der Waals surface area contributed by atoms with Crippen molar-refractivity contribution in [2.24, 2.45) is 0 Å². The third-order valence-electron chi connectivity index (χ3n) is 3.80. The number of rotatable bonds is 5. The molecule has 0 bridgehead atoms. The largest absolute Gasteiger partial charge is 0.490 e. The van der Waals surface area contributed by atoms with E-state index in [1.807, 2.05) is 36.5 Å². The molecule has 1 N–H and O–H groups in total. The van der Waals surface area contributed by atoms with E-state index < -0.39 is 0 Å². The molecule has 122 valence electrons. The van der Waals surface area contributed by atoms with Crippen LogP contribution < -0.4 is 10.1 Å². The number of nitrogens with one attached hydrogen (secondary N) is 1. The molecule has 0 saturated carbocycles. The number of carbonyl (C=O) groups is 1. The van der Waals surface area contributed by atoms with E-state index in [1.165, 1.54) is 11.8 Å². The first kappa shape index (κ1) is 16.0. The van der Waals surface area contributed by atoms with Gasteiger partial charge in [-0.25, -0.2) is 4.98 Å². The van der Waals surface area contributed by atoms with Gasteiger partial charge >= 0.3 is 0 Å². The first-order valence-electron chi connectivity index (χ1n) is 7.85. The van der Waals surface area contributed by atoms with Crippen molar-refractivity contribution in [3.8, 4) is 5.75 Å². The summed E-state index contributed by atoms with van der Waals surface area (Å²) in [6, 6.07) is 10.0. The number of aromatic nitrogens is 1. The standard InChI is InChI=1S/C17H21N3O2S/c1-13(21)19-17-18-11-16(23-17)12-20-9-7-15(8-10-20)22-14-5-3-2-4-6-14/h2-6,11,15H,7-10,12H2,1H3,(H,18,19,21). The molecular formula is C17H21N3O2S. The number of ether oxygens (including phenoxy) is 1. The lowest BCUT2D eigenvalue weighted by atomic mass is 10.1. The fraction of sp³-hybridized carbons (Fsp3) is 0.412. The molecule has 1 aliphatic rings. The van der Waals surface area contributed by atoms with Crippen molar-refractivity contribution in [1.29, 1.82) is 0 Å². The molecule has 23 heavy (non-hydrogen) atoms. The van der Waals surface area contributed by atoms with Gasteiger partial charge in [0.1, 0.15) is 11.9 Å². The van der Waals surface area contributed by atoms with Gasteiger partial charge in [-0.3, -0.25) is 9.69 Å². The van der Waals surface area contributed by atoms with Gasteiger partial charge in [0.05, 0.1) is 0 Å². The van der Waals surface area contributed by atoms with Crippen molar-refractivity contribution in [3.63, 3.8) is 0 Å². The highest BCUT2D eigenvalue weighted by atomic mass is 32.1. The second-order valence-electron chi connectivity index (χ2n) is 5.72. The average molecular weight is 331 g/mol. The lowest BCUT2D eigenvalue weighted by Gasteiger charge is -2.31. The zero-order chi connectivity index (χ0) is 16.1. The van der Waals surface area contributed by atoms with Crippen LogP contribution in [0.2, 0.25) is 0 Å². The number of thiazole rings is 1. The number of carbonyl (C=O) groups excluding carboxylic acids is 1. The van der Waals surface area contributed by atoms with Gasteiger partial charge in [0.2, 0.25) is 5.91 Å². The predicted molar refractivity (Wildman–Crippen MR) is 91.8 cm³/mol. The minimum atomic E-state index is -0.0789. The van der Waals surface area contributed by atoms with E-state index in [9.17, 15) is 4.79 Å². The van der Waals surface area contributed by atoms with Crippen LogP contribution >= 0.6 is 11.3 Å². The fourth-order valence-electron chi connectivity index (χ4n) is 2.69. The van der Waals surface area contributed by atoms with Crippen molar-refractivity contribution in [1.82, 2.24) is 9.88 Å². The third-order valence-corrected chi connectivity index (χ3v) is 4.69. The van der Waals surface area contributed by atoms with Crippen LogP contribution in [0.5, 0.6) is 5.75 Å². The second-order valence-corrected chi connectivity index (χ2v) is 6.83. The summed E-state index contributed by atoms with van der Waals surface area (Å²) < 4.78 is 6.02. The maximum atomic E-state index is 11.0. The first-order valence-corrected chi connectivity index (χ1v) is 8.67. The Labute approximate surface area is 140 Å². The molecule has 5 nitrogen and oxygen atoms in total. The molecule has 1 amide bonds. The Balaban J connectivity index is 1.45. The highest BCUT2D eigenvalue weighted by molar-refractivity contribution is 7.15. The summed E-state index contributed by atoms with van der Waals surface area (Å²) in [6.07, 6.45) is 4.21. The third kappa shape index (κ3) is 4.77. The summed E-state index contributed by atoms with van der Waals surface area (Å²) >= 11 is 1.54.